The Morgan fingerprint density at radius 3 is 1.76 bits per heavy atom. The largest absolute Gasteiger partial charge is 0.481 e. The van der Waals surface area contributed by atoms with Crippen LogP contribution in [0.4, 0.5) is 0 Å². The lowest BCUT2D eigenvalue weighted by atomic mass is 10.0. The molecule has 0 unspecified atom stereocenters. The van der Waals surface area contributed by atoms with E-state index in [1.54, 1.807) is 0 Å². The summed E-state index contributed by atoms with van der Waals surface area (Å²) in [4.78, 5) is 21.5. The first-order valence-corrected chi connectivity index (χ1v) is 9.50. The van der Waals surface area contributed by atoms with Gasteiger partial charge in [0.1, 0.15) is 0 Å². The zero-order valence-corrected chi connectivity index (χ0v) is 15.5. The number of carboxylic acid groups (broad SMARTS) is 2. The Balaban J connectivity index is 3.44. The van der Waals surface area contributed by atoms with Crippen molar-refractivity contribution in [2.24, 2.45) is 5.92 Å². The van der Waals surface area contributed by atoms with Gasteiger partial charge in [-0.15, -0.1) is 0 Å². The highest BCUT2D eigenvalue weighted by Crippen LogP contribution is 2.13. The molecule has 0 aliphatic rings. The van der Waals surface area contributed by atoms with Crippen molar-refractivity contribution in [2.45, 2.75) is 77.6 Å². The van der Waals surface area contributed by atoms with Gasteiger partial charge < -0.3 is 10.2 Å². The van der Waals surface area contributed by atoms with Crippen molar-refractivity contribution in [3.8, 4) is 0 Å². The molecule has 2 N–H and O–H groups in total. The molecule has 4 heteroatoms. The van der Waals surface area contributed by atoms with Crippen LogP contribution in [-0.2, 0) is 9.59 Å². The average Bonchev–Trinajstić information content (AvgIpc) is 2.57. The van der Waals surface area contributed by atoms with Gasteiger partial charge in [0, 0.05) is 0 Å². The maximum absolute atomic E-state index is 10.7. The molecule has 0 aromatic heterocycles. The van der Waals surface area contributed by atoms with Gasteiger partial charge in [0.25, 0.3) is 0 Å². The Labute approximate surface area is 152 Å². The molecule has 0 saturated heterocycles. The van der Waals surface area contributed by atoms with Crippen LogP contribution >= 0.6 is 0 Å². The second-order valence-corrected chi connectivity index (χ2v) is 6.22. The quantitative estimate of drug-likeness (QED) is 0.211. The van der Waals surface area contributed by atoms with Gasteiger partial charge in [-0.25, -0.2) is 0 Å². The predicted molar refractivity (Wildman–Crippen MR) is 103 cm³/mol. The summed E-state index contributed by atoms with van der Waals surface area (Å²) in [7, 11) is 0. The molecule has 0 aromatic carbocycles. The molecule has 4 nitrogen and oxygen atoms in total. The van der Waals surface area contributed by atoms with Gasteiger partial charge in [-0.2, -0.15) is 0 Å². The summed E-state index contributed by atoms with van der Waals surface area (Å²) in [5.74, 6) is -3.71. The van der Waals surface area contributed by atoms with Gasteiger partial charge in [-0.05, 0) is 38.5 Å². The summed E-state index contributed by atoms with van der Waals surface area (Å²) in [6, 6.07) is 0. The molecule has 0 spiro atoms. The minimum atomic E-state index is -1.25. The van der Waals surface area contributed by atoms with E-state index in [0.29, 0.717) is 6.42 Å². The molecule has 0 saturated carbocycles. The number of aliphatic carboxylic acids is 2. The zero-order chi connectivity index (χ0) is 18.8. The lowest BCUT2D eigenvalue weighted by Crippen LogP contribution is -2.23. The van der Waals surface area contributed by atoms with Crippen LogP contribution in [0.3, 0.4) is 0 Å². The molecule has 0 rings (SSSR count). The van der Waals surface area contributed by atoms with Crippen LogP contribution in [0.2, 0.25) is 0 Å². The third-order valence-electron chi connectivity index (χ3n) is 3.99. The fourth-order valence-electron chi connectivity index (χ4n) is 2.50. The van der Waals surface area contributed by atoms with Gasteiger partial charge in [0.15, 0.2) is 5.92 Å². The van der Waals surface area contributed by atoms with Crippen molar-refractivity contribution < 1.29 is 19.8 Å². The maximum atomic E-state index is 10.7. The molecule has 0 bridgehead atoms. The summed E-state index contributed by atoms with van der Waals surface area (Å²) in [5.41, 5.74) is 0. The van der Waals surface area contributed by atoms with Crippen molar-refractivity contribution in [3.63, 3.8) is 0 Å². The van der Waals surface area contributed by atoms with Gasteiger partial charge >= 0.3 is 11.9 Å². The molecule has 0 heterocycles. The van der Waals surface area contributed by atoms with Crippen LogP contribution in [0.1, 0.15) is 77.6 Å². The van der Waals surface area contributed by atoms with E-state index < -0.39 is 17.9 Å². The zero-order valence-electron chi connectivity index (χ0n) is 15.5. The molecule has 0 aliphatic heterocycles. The fraction of sp³-hybridized carbons (Fsp3) is 0.619. The topological polar surface area (TPSA) is 74.6 Å². The lowest BCUT2D eigenvalue weighted by Gasteiger charge is -2.06. The number of hydrogen-bond acceptors (Lipinski definition) is 2. The second kappa shape index (κ2) is 17.0. The highest BCUT2D eigenvalue weighted by atomic mass is 16.4. The first-order valence-electron chi connectivity index (χ1n) is 9.50. The van der Waals surface area contributed by atoms with E-state index in [-0.39, 0.29) is 6.42 Å². The molecule has 0 fully saturated rings. The van der Waals surface area contributed by atoms with Crippen LogP contribution in [0.5, 0.6) is 0 Å². The van der Waals surface area contributed by atoms with Crippen LogP contribution in [0.15, 0.2) is 36.5 Å². The van der Waals surface area contributed by atoms with E-state index in [1.165, 1.54) is 12.8 Å². The lowest BCUT2D eigenvalue weighted by molar-refractivity contribution is -0.154. The third-order valence-corrected chi connectivity index (χ3v) is 3.99. The van der Waals surface area contributed by atoms with Crippen molar-refractivity contribution in [2.75, 3.05) is 0 Å². The molecule has 0 atom stereocenters. The number of rotatable bonds is 16. The standard InChI is InChI=1S/C21H34O4/c1-2-3-4-5-6-7-8-9-10-11-12-13-14-15-16-17-18-19(20(22)23)21(24)25/h3-4,6-7,9-10,19H,2,5,8,11-18H2,1H3,(H,22,23)(H,24,25). The molecule has 142 valence electrons. The van der Waals surface area contributed by atoms with Gasteiger partial charge in [-0.3, -0.25) is 9.59 Å². The normalized spacial score (nSPS) is 12.1. The maximum Gasteiger partial charge on any atom is 0.317 e. The Morgan fingerprint density at radius 2 is 1.20 bits per heavy atom. The van der Waals surface area contributed by atoms with Crippen molar-refractivity contribution in [3.05, 3.63) is 36.5 Å². The van der Waals surface area contributed by atoms with E-state index >= 15 is 0 Å². The van der Waals surface area contributed by atoms with Crippen molar-refractivity contribution in [1.29, 1.82) is 0 Å². The summed E-state index contributed by atoms with van der Waals surface area (Å²) in [6.45, 7) is 2.14. The monoisotopic (exact) mass is 350 g/mol. The molecule has 0 aliphatic carbocycles. The summed E-state index contributed by atoms with van der Waals surface area (Å²) >= 11 is 0. The van der Waals surface area contributed by atoms with Gasteiger partial charge in [0.2, 0.25) is 0 Å². The molecular formula is C21H34O4. The van der Waals surface area contributed by atoms with E-state index in [0.717, 1.165) is 44.9 Å². The van der Waals surface area contributed by atoms with Crippen LogP contribution < -0.4 is 0 Å². The molecule has 0 amide bonds. The smallest absolute Gasteiger partial charge is 0.317 e. The SMILES string of the molecule is CCC=CCC=CCC=CCCCCCCCCC(C(=O)O)C(=O)O. The molecule has 0 aromatic rings. The Bertz CT molecular complexity index is 421. The summed E-state index contributed by atoms with van der Waals surface area (Å²) < 4.78 is 0. The first kappa shape index (κ1) is 23.2. The number of allylic oxidation sites excluding steroid dienone is 6. The predicted octanol–water partition coefficient (Wildman–Crippen LogP) is 5.75. The third kappa shape index (κ3) is 15.4. The van der Waals surface area contributed by atoms with E-state index in [9.17, 15) is 9.59 Å². The van der Waals surface area contributed by atoms with Gasteiger partial charge in [-0.1, -0.05) is 75.5 Å². The number of carboxylic acids is 2. The Hall–Kier alpha value is -1.84. The van der Waals surface area contributed by atoms with Crippen molar-refractivity contribution in [1.82, 2.24) is 0 Å². The van der Waals surface area contributed by atoms with E-state index in [1.807, 2.05) is 0 Å². The van der Waals surface area contributed by atoms with Crippen LogP contribution in [-0.4, -0.2) is 22.2 Å². The summed E-state index contributed by atoms with van der Waals surface area (Å²) in [6.07, 6.45) is 23.7. The summed E-state index contributed by atoms with van der Waals surface area (Å²) in [5, 5.41) is 17.5. The number of unbranched alkanes of at least 4 members (excludes halogenated alkanes) is 6. The fourth-order valence-corrected chi connectivity index (χ4v) is 2.50. The molecule has 25 heavy (non-hydrogen) atoms. The van der Waals surface area contributed by atoms with E-state index in [4.69, 9.17) is 10.2 Å². The number of hydrogen-bond donors (Lipinski definition) is 2. The minimum Gasteiger partial charge on any atom is -0.481 e. The van der Waals surface area contributed by atoms with Crippen LogP contribution in [0, 0.1) is 5.92 Å². The Morgan fingerprint density at radius 1 is 0.720 bits per heavy atom. The first-order chi connectivity index (χ1) is 12.1. The highest BCUT2D eigenvalue weighted by molar-refractivity contribution is 5.92. The van der Waals surface area contributed by atoms with Crippen molar-refractivity contribution >= 4 is 11.9 Å². The average molecular weight is 350 g/mol. The molecule has 0 radical (unpaired) electrons. The Kier molecular flexibility index (Phi) is 15.7. The van der Waals surface area contributed by atoms with E-state index in [2.05, 4.69) is 43.4 Å². The van der Waals surface area contributed by atoms with Crippen LogP contribution in [0.25, 0.3) is 0 Å². The highest BCUT2D eigenvalue weighted by Gasteiger charge is 2.24. The van der Waals surface area contributed by atoms with Gasteiger partial charge in [0.05, 0.1) is 0 Å². The second-order valence-electron chi connectivity index (χ2n) is 6.22. The minimum absolute atomic E-state index is 0.231. The number of carbonyl (C=O) groups is 2. The molecular weight excluding hydrogens is 316 g/mol.